The van der Waals surface area contributed by atoms with Gasteiger partial charge >= 0.3 is 0 Å². The molecule has 6 nitrogen and oxygen atoms in total. The molecule has 0 unspecified atom stereocenters. The van der Waals surface area contributed by atoms with Crippen molar-refractivity contribution in [3.05, 3.63) is 47.2 Å². The third-order valence-corrected chi connectivity index (χ3v) is 4.54. The van der Waals surface area contributed by atoms with Crippen LogP contribution in [0.25, 0.3) is 0 Å². The third kappa shape index (κ3) is 2.90. The summed E-state index contributed by atoms with van der Waals surface area (Å²) >= 11 is 0. The molecule has 0 spiro atoms. The van der Waals surface area contributed by atoms with E-state index in [1.54, 1.807) is 38.4 Å². The average molecular weight is 296 g/mol. The van der Waals surface area contributed by atoms with Crippen molar-refractivity contribution in [3.8, 4) is 0 Å². The number of aliphatic hydroxyl groups is 1. The molecule has 2 rings (SSSR count). The normalized spacial score (nSPS) is 11.8. The van der Waals surface area contributed by atoms with E-state index in [-0.39, 0.29) is 23.8 Å². The van der Waals surface area contributed by atoms with Crippen LogP contribution in [0.1, 0.15) is 22.6 Å². The number of nitrogens with one attached hydrogen (secondary N) is 1. The summed E-state index contributed by atoms with van der Waals surface area (Å²) in [6, 6.07) is 3.51. The summed E-state index contributed by atoms with van der Waals surface area (Å²) in [6.07, 6.45) is 3.20. The van der Waals surface area contributed by atoms with Crippen LogP contribution in [0.2, 0.25) is 0 Å². The fourth-order valence-corrected chi connectivity index (χ4v) is 3.45. The number of hydrogen-bond donors (Lipinski definition) is 2. The lowest BCUT2D eigenvalue weighted by atomic mass is 10.2. The maximum Gasteiger partial charge on any atom is 0.244 e. The minimum absolute atomic E-state index is 0.0152. The molecule has 2 aromatic rings. The van der Waals surface area contributed by atoms with Gasteiger partial charge in [-0.3, -0.25) is 4.98 Å². The minimum atomic E-state index is -3.74. The highest BCUT2D eigenvalue weighted by molar-refractivity contribution is 7.89. The van der Waals surface area contributed by atoms with Gasteiger partial charge in [0.05, 0.1) is 6.61 Å². The van der Waals surface area contributed by atoms with Gasteiger partial charge in [0, 0.05) is 24.5 Å². The summed E-state index contributed by atoms with van der Waals surface area (Å²) in [6.45, 7) is 2.93. The number of pyridine rings is 1. The van der Waals surface area contributed by atoms with E-state index >= 15 is 0 Å². The first kappa shape index (κ1) is 14.7. The average Bonchev–Trinajstić information content (AvgIpc) is 2.72. The second-order valence-corrected chi connectivity index (χ2v) is 6.07. The molecule has 108 valence electrons. The van der Waals surface area contributed by atoms with Gasteiger partial charge in [0.15, 0.2) is 0 Å². The molecule has 0 fully saturated rings. The summed E-state index contributed by atoms with van der Waals surface area (Å²) in [4.78, 5) is 3.94. The first-order valence-electron chi connectivity index (χ1n) is 6.04. The molecule has 7 heteroatoms. The highest BCUT2D eigenvalue weighted by Gasteiger charge is 2.26. The van der Waals surface area contributed by atoms with Gasteiger partial charge in [-0.2, -0.15) is 0 Å². The van der Waals surface area contributed by atoms with Gasteiger partial charge in [-0.05, 0) is 25.5 Å². The fourth-order valence-electron chi connectivity index (χ4n) is 2.00. The van der Waals surface area contributed by atoms with Gasteiger partial charge < -0.3 is 9.52 Å². The zero-order valence-corrected chi connectivity index (χ0v) is 12.1. The van der Waals surface area contributed by atoms with E-state index in [9.17, 15) is 13.5 Å². The van der Waals surface area contributed by atoms with Crippen LogP contribution in [0.3, 0.4) is 0 Å². The summed E-state index contributed by atoms with van der Waals surface area (Å²) < 4.78 is 32.4. The van der Waals surface area contributed by atoms with Crippen LogP contribution >= 0.6 is 0 Å². The summed E-state index contributed by atoms with van der Waals surface area (Å²) in [5.74, 6) is 0.678. The third-order valence-electron chi connectivity index (χ3n) is 2.94. The van der Waals surface area contributed by atoms with E-state index in [1.165, 1.54) is 0 Å². The summed E-state index contributed by atoms with van der Waals surface area (Å²) in [7, 11) is -3.74. The lowest BCUT2D eigenvalue weighted by Gasteiger charge is -2.07. The molecule has 0 aliphatic heterocycles. The first-order chi connectivity index (χ1) is 9.45. The smallest absolute Gasteiger partial charge is 0.244 e. The molecular weight excluding hydrogens is 280 g/mol. The van der Waals surface area contributed by atoms with Gasteiger partial charge in [0.2, 0.25) is 10.0 Å². The molecule has 0 saturated heterocycles. The summed E-state index contributed by atoms with van der Waals surface area (Å²) in [5, 5.41) is 9.30. The minimum Gasteiger partial charge on any atom is -0.465 e. The molecule has 0 radical (unpaired) electrons. The molecule has 0 bridgehead atoms. The first-order valence-corrected chi connectivity index (χ1v) is 7.52. The molecule has 2 heterocycles. The van der Waals surface area contributed by atoms with Crippen molar-refractivity contribution in [2.75, 3.05) is 0 Å². The van der Waals surface area contributed by atoms with Gasteiger partial charge in [0.25, 0.3) is 0 Å². The number of aromatic nitrogens is 1. The Balaban J connectivity index is 2.27. The van der Waals surface area contributed by atoms with Crippen LogP contribution in [-0.2, 0) is 23.2 Å². The predicted molar refractivity (Wildman–Crippen MR) is 72.4 cm³/mol. The van der Waals surface area contributed by atoms with Gasteiger partial charge in [-0.15, -0.1) is 0 Å². The van der Waals surface area contributed by atoms with Crippen molar-refractivity contribution in [2.24, 2.45) is 0 Å². The summed E-state index contributed by atoms with van der Waals surface area (Å²) in [5.41, 5.74) is 1.04. The maximum absolute atomic E-state index is 12.3. The Labute approximate surface area is 117 Å². The SMILES string of the molecule is Cc1oc(C)c(S(=O)(=O)NCc2cccnc2)c1CO. The van der Waals surface area contributed by atoms with E-state index in [1.807, 2.05) is 0 Å². The quantitative estimate of drug-likeness (QED) is 0.866. The van der Waals surface area contributed by atoms with Gasteiger partial charge in [0.1, 0.15) is 16.4 Å². The van der Waals surface area contributed by atoms with Crippen LogP contribution in [-0.4, -0.2) is 18.5 Å². The van der Waals surface area contributed by atoms with Gasteiger partial charge in [-0.25, -0.2) is 13.1 Å². The molecule has 0 amide bonds. The lowest BCUT2D eigenvalue weighted by Crippen LogP contribution is -2.24. The molecule has 0 aliphatic rings. The monoisotopic (exact) mass is 296 g/mol. The largest absolute Gasteiger partial charge is 0.465 e. The Bertz CT molecular complexity index is 693. The molecular formula is C13H16N2O4S. The molecule has 0 aromatic carbocycles. The number of aryl methyl sites for hydroxylation is 2. The van der Waals surface area contributed by atoms with Crippen LogP contribution in [0.15, 0.2) is 33.8 Å². The van der Waals surface area contributed by atoms with Crippen molar-refractivity contribution in [1.82, 2.24) is 9.71 Å². The topological polar surface area (TPSA) is 92.4 Å². The fraction of sp³-hybridized carbons (Fsp3) is 0.308. The number of aliphatic hydroxyl groups excluding tert-OH is 1. The van der Waals surface area contributed by atoms with E-state index in [0.29, 0.717) is 11.3 Å². The number of rotatable bonds is 5. The van der Waals surface area contributed by atoms with Crippen molar-refractivity contribution < 1.29 is 17.9 Å². The number of nitrogens with zero attached hydrogens (tertiary/aromatic N) is 1. The Morgan fingerprint density at radius 1 is 1.35 bits per heavy atom. The van der Waals surface area contributed by atoms with E-state index in [4.69, 9.17) is 4.42 Å². The van der Waals surface area contributed by atoms with Crippen LogP contribution < -0.4 is 4.72 Å². The highest BCUT2D eigenvalue weighted by Crippen LogP contribution is 2.26. The van der Waals surface area contributed by atoms with Gasteiger partial charge in [-0.1, -0.05) is 6.07 Å². The number of hydrogen-bond acceptors (Lipinski definition) is 5. The maximum atomic E-state index is 12.3. The standard InChI is InChI=1S/C13H16N2O4S/c1-9-12(8-16)13(10(2)19-9)20(17,18)15-7-11-4-3-5-14-6-11/h3-6,15-16H,7-8H2,1-2H3. The van der Waals surface area contributed by atoms with Crippen LogP contribution in [0, 0.1) is 13.8 Å². The second-order valence-electron chi connectivity index (χ2n) is 4.37. The van der Waals surface area contributed by atoms with Crippen molar-refractivity contribution in [1.29, 1.82) is 0 Å². The van der Waals surface area contributed by atoms with E-state index < -0.39 is 10.0 Å². The van der Waals surface area contributed by atoms with Crippen molar-refractivity contribution in [2.45, 2.75) is 31.9 Å². The van der Waals surface area contributed by atoms with Crippen molar-refractivity contribution in [3.63, 3.8) is 0 Å². The van der Waals surface area contributed by atoms with E-state index in [2.05, 4.69) is 9.71 Å². The highest BCUT2D eigenvalue weighted by atomic mass is 32.2. The molecule has 0 aliphatic carbocycles. The Hall–Kier alpha value is -1.70. The van der Waals surface area contributed by atoms with Crippen molar-refractivity contribution >= 4 is 10.0 Å². The van der Waals surface area contributed by atoms with Crippen LogP contribution in [0.4, 0.5) is 0 Å². The molecule has 2 aromatic heterocycles. The zero-order chi connectivity index (χ0) is 14.8. The molecule has 20 heavy (non-hydrogen) atoms. The molecule has 2 N–H and O–H groups in total. The molecule has 0 saturated carbocycles. The molecule has 0 atom stereocenters. The van der Waals surface area contributed by atoms with E-state index in [0.717, 1.165) is 5.56 Å². The Kier molecular flexibility index (Phi) is 4.22. The second kappa shape index (κ2) is 5.74. The zero-order valence-electron chi connectivity index (χ0n) is 11.3. The number of furan rings is 1. The Morgan fingerprint density at radius 3 is 2.70 bits per heavy atom. The lowest BCUT2D eigenvalue weighted by molar-refractivity contribution is 0.276. The number of sulfonamides is 1. The van der Waals surface area contributed by atoms with Crippen LogP contribution in [0.5, 0.6) is 0 Å². The Morgan fingerprint density at radius 2 is 2.10 bits per heavy atom. The predicted octanol–water partition coefficient (Wildman–Crippen LogP) is 1.26.